The molecule has 5 nitrogen and oxygen atoms in total. The van der Waals surface area contributed by atoms with Gasteiger partial charge >= 0.3 is 0 Å². The Morgan fingerprint density at radius 3 is 2.81 bits per heavy atom. The van der Waals surface area contributed by atoms with Crippen molar-refractivity contribution >= 4 is 11.3 Å². The first-order valence-corrected chi connectivity index (χ1v) is 6.53. The van der Waals surface area contributed by atoms with E-state index in [1.807, 2.05) is 6.92 Å². The molecule has 0 aliphatic heterocycles. The first kappa shape index (κ1) is 15.7. The molecule has 96 valence electrons. The summed E-state index contributed by atoms with van der Waals surface area (Å²) in [6.45, 7) is 8.33. The third-order valence-corrected chi connectivity index (χ3v) is 2.73. The number of nitrogens with zero attached hydrogens (tertiary/aromatic N) is 1. The van der Waals surface area contributed by atoms with Crippen LogP contribution in [0, 0.1) is 0 Å². The van der Waals surface area contributed by atoms with Crippen LogP contribution in [0.2, 0.25) is 0 Å². The van der Waals surface area contributed by atoms with Gasteiger partial charge in [0.15, 0.2) is 0 Å². The molecule has 16 heavy (non-hydrogen) atoms. The van der Waals surface area contributed by atoms with E-state index in [1.165, 1.54) is 6.08 Å². The molecule has 0 heterocycles. The fourth-order valence-electron chi connectivity index (χ4n) is 1.33. The minimum absolute atomic E-state index is 0.470. The molecule has 6 heteroatoms. The van der Waals surface area contributed by atoms with Crippen LogP contribution < -0.4 is 4.72 Å². The van der Waals surface area contributed by atoms with Crippen molar-refractivity contribution in [3.8, 4) is 0 Å². The summed E-state index contributed by atoms with van der Waals surface area (Å²) in [5.74, 6) is 0. The maximum absolute atomic E-state index is 10.2. The smallest absolute Gasteiger partial charge is 0.0845 e. The van der Waals surface area contributed by atoms with E-state index in [1.54, 1.807) is 0 Å². The Hall–Kier alpha value is -0.270. The van der Waals surface area contributed by atoms with Crippen LogP contribution in [-0.4, -0.2) is 51.1 Å². The van der Waals surface area contributed by atoms with Crippen molar-refractivity contribution in [2.24, 2.45) is 0 Å². The van der Waals surface area contributed by atoms with Crippen LogP contribution in [0.25, 0.3) is 0 Å². The molecule has 0 bridgehead atoms. The van der Waals surface area contributed by atoms with Crippen LogP contribution in [0.4, 0.5) is 0 Å². The third kappa shape index (κ3) is 8.99. The Labute approximate surface area is 100.0 Å². The molecule has 2 N–H and O–H groups in total. The summed E-state index contributed by atoms with van der Waals surface area (Å²) in [5, 5.41) is 9.38. The lowest BCUT2D eigenvalue weighted by Crippen LogP contribution is -2.32. The number of nitrogens with one attached hydrogen (secondary N) is 1. The highest BCUT2D eigenvalue weighted by atomic mass is 32.2. The minimum Gasteiger partial charge on any atom is -0.760 e. The van der Waals surface area contributed by atoms with E-state index in [2.05, 4.69) is 16.2 Å². The molecule has 2 atom stereocenters. The number of likely N-dealkylation sites (N-methyl/N-ethyl adjacent to an activating group) is 1. The van der Waals surface area contributed by atoms with Crippen molar-refractivity contribution in [2.75, 3.05) is 26.2 Å². The second-order valence-corrected chi connectivity index (χ2v) is 4.29. The van der Waals surface area contributed by atoms with E-state index in [-0.39, 0.29) is 0 Å². The van der Waals surface area contributed by atoms with Gasteiger partial charge in [-0.25, -0.2) is 4.72 Å². The van der Waals surface area contributed by atoms with Crippen LogP contribution in [0.1, 0.15) is 19.8 Å². The van der Waals surface area contributed by atoms with Gasteiger partial charge in [-0.2, -0.15) is 0 Å². The van der Waals surface area contributed by atoms with Gasteiger partial charge in [-0.3, -0.25) is 4.21 Å². The summed E-state index contributed by atoms with van der Waals surface area (Å²) < 4.78 is 22.7. The maximum Gasteiger partial charge on any atom is 0.0845 e. The summed E-state index contributed by atoms with van der Waals surface area (Å²) in [6, 6.07) is 0. The largest absolute Gasteiger partial charge is 0.760 e. The monoisotopic (exact) mass is 249 g/mol. The Bertz CT molecular complexity index is 214. The molecule has 0 aromatic heterocycles. The lowest BCUT2D eigenvalue weighted by molar-refractivity contribution is 0.149. The number of rotatable bonds is 10. The van der Waals surface area contributed by atoms with Crippen molar-refractivity contribution in [3.63, 3.8) is 0 Å². The quantitative estimate of drug-likeness (QED) is 0.325. The predicted molar refractivity (Wildman–Crippen MR) is 64.5 cm³/mol. The zero-order chi connectivity index (χ0) is 12.4. The molecule has 0 aromatic carbocycles. The molecular weight excluding hydrogens is 228 g/mol. The standard InChI is InChI=1S/C10H22N2O3S/c1-3-10(13)9-12(4-2)8-6-5-7-11-16(14)15/h3,10-11,13H,1,4-9H2,2H3,(H,14,15)/p-1. The summed E-state index contributed by atoms with van der Waals surface area (Å²) >= 11 is -2.16. The highest BCUT2D eigenvalue weighted by molar-refractivity contribution is 7.77. The lowest BCUT2D eigenvalue weighted by atomic mass is 10.2. The Balaban J connectivity index is 3.55. The zero-order valence-corrected chi connectivity index (χ0v) is 10.5. The van der Waals surface area contributed by atoms with E-state index in [4.69, 9.17) is 0 Å². The van der Waals surface area contributed by atoms with Gasteiger partial charge in [0, 0.05) is 24.4 Å². The predicted octanol–water partition coefficient (Wildman–Crippen LogP) is 0.0191. The van der Waals surface area contributed by atoms with E-state index in [9.17, 15) is 13.9 Å². The van der Waals surface area contributed by atoms with E-state index < -0.39 is 17.4 Å². The molecule has 0 aliphatic rings. The molecule has 0 aromatic rings. The second kappa shape index (κ2) is 9.92. The van der Waals surface area contributed by atoms with Crippen LogP contribution in [0.3, 0.4) is 0 Å². The molecule has 0 amide bonds. The highest BCUT2D eigenvalue weighted by Gasteiger charge is 2.06. The van der Waals surface area contributed by atoms with E-state index in [0.717, 1.165) is 25.9 Å². The van der Waals surface area contributed by atoms with E-state index in [0.29, 0.717) is 13.1 Å². The number of unbranched alkanes of at least 4 members (excludes halogenated alkanes) is 1. The summed E-state index contributed by atoms with van der Waals surface area (Å²) in [5.41, 5.74) is 0. The van der Waals surface area contributed by atoms with Crippen LogP contribution in [0.5, 0.6) is 0 Å². The molecule has 2 unspecified atom stereocenters. The first-order valence-electron chi connectivity index (χ1n) is 5.45. The second-order valence-electron chi connectivity index (χ2n) is 3.53. The lowest BCUT2D eigenvalue weighted by Gasteiger charge is -2.22. The maximum atomic E-state index is 10.2. The molecular formula is C10H21N2O3S-. The average molecular weight is 249 g/mol. The highest BCUT2D eigenvalue weighted by Crippen LogP contribution is 1.97. The van der Waals surface area contributed by atoms with Crippen molar-refractivity contribution in [2.45, 2.75) is 25.9 Å². The summed E-state index contributed by atoms with van der Waals surface area (Å²) in [4.78, 5) is 2.11. The topological polar surface area (TPSA) is 75.6 Å². The number of hydrogen-bond acceptors (Lipinski definition) is 4. The zero-order valence-electron chi connectivity index (χ0n) is 9.72. The van der Waals surface area contributed by atoms with E-state index >= 15 is 0 Å². The molecule has 0 saturated heterocycles. The first-order chi connectivity index (χ1) is 7.60. The van der Waals surface area contributed by atoms with Crippen LogP contribution >= 0.6 is 0 Å². The average Bonchev–Trinajstić information content (AvgIpc) is 2.26. The molecule has 0 radical (unpaired) electrons. The molecule has 0 fully saturated rings. The van der Waals surface area contributed by atoms with Gasteiger partial charge in [0.1, 0.15) is 0 Å². The van der Waals surface area contributed by atoms with Crippen molar-refractivity contribution in [1.82, 2.24) is 9.62 Å². The SMILES string of the molecule is C=CC(O)CN(CC)CCCCNS(=O)[O-]. The summed E-state index contributed by atoms with van der Waals surface area (Å²) in [7, 11) is 0. The molecule has 0 saturated carbocycles. The van der Waals surface area contributed by atoms with Crippen LogP contribution in [0.15, 0.2) is 12.7 Å². The van der Waals surface area contributed by atoms with Crippen molar-refractivity contribution < 1.29 is 13.9 Å². The Morgan fingerprint density at radius 2 is 2.31 bits per heavy atom. The number of aliphatic hydroxyl groups is 1. The molecule has 0 spiro atoms. The molecule has 0 aliphatic carbocycles. The van der Waals surface area contributed by atoms with Gasteiger partial charge in [0.2, 0.25) is 0 Å². The minimum atomic E-state index is -2.16. The van der Waals surface area contributed by atoms with Gasteiger partial charge in [0.05, 0.1) is 6.10 Å². The van der Waals surface area contributed by atoms with Crippen molar-refractivity contribution in [3.05, 3.63) is 12.7 Å². The Kier molecular flexibility index (Phi) is 9.75. The Morgan fingerprint density at radius 1 is 1.62 bits per heavy atom. The molecule has 0 rings (SSSR count). The van der Waals surface area contributed by atoms with Gasteiger partial charge in [-0.05, 0) is 25.9 Å². The fourth-order valence-corrected chi connectivity index (χ4v) is 1.64. The number of aliphatic hydroxyl groups excluding tert-OH is 1. The fraction of sp³-hybridized carbons (Fsp3) is 0.800. The van der Waals surface area contributed by atoms with Gasteiger partial charge in [0.25, 0.3) is 0 Å². The third-order valence-electron chi connectivity index (χ3n) is 2.29. The van der Waals surface area contributed by atoms with Gasteiger partial charge < -0.3 is 14.6 Å². The summed E-state index contributed by atoms with van der Waals surface area (Å²) in [6.07, 6.45) is 2.73. The van der Waals surface area contributed by atoms with Gasteiger partial charge in [-0.1, -0.05) is 13.0 Å². The number of hydrogen-bond donors (Lipinski definition) is 2. The normalized spacial score (nSPS) is 15.0. The van der Waals surface area contributed by atoms with Gasteiger partial charge in [-0.15, -0.1) is 6.58 Å². The van der Waals surface area contributed by atoms with Crippen molar-refractivity contribution in [1.29, 1.82) is 0 Å². The van der Waals surface area contributed by atoms with Crippen LogP contribution in [-0.2, 0) is 11.3 Å².